The summed E-state index contributed by atoms with van der Waals surface area (Å²) in [5.41, 5.74) is 1.61. The number of hydrogen-bond donors (Lipinski definition) is 1. The molecule has 1 amide bonds. The summed E-state index contributed by atoms with van der Waals surface area (Å²) in [5, 5.41) is 3.95. The van der Waals surface area contributed by atoms with Gasteiger partial charge in [-0.3, -0.25) is 10.1 Å². The van der Waals surface area contributed by atoms with Crippen molar-refractivity contribution in [1.29, 1.82) is 0 Å². The number of anilines is 1. The van der Waals surface area contributed by atoms with Gasteiger partial charge in [0.15, 0.2) is 10.8 Å². The number of ether oxygens (including phenoxy) is 2. The van der Waals surface area contributed by atoms with Crippen molar-refractivity contribution in [3.05, 3.63) is 45.5 Å². The van der Waals surface area contributed by atoms with Gasteiger partial charge in [0.2, 0.25) is 0 Å². The number of para-hydroxylation sites is 1. The van der Waals surface area contributed by atoms with Gasteiger partial charge in [0.05, 0.1) is 29.8 Å². The van der Waals surface area contributed by atoms with Crippen molar-refractivity contribution >= 4 is 39.7 Å². The first-order chi connectivity index (χ1) is 14.0. The molecule has 2 aromatic heterocycles. The quantitative estimate of drug-likeness (QED) is 0.551. The van der Waals surface area contributed by atoms with E-state index >= 15 is 0 Å². The van der Waals surface area contributed by atoms with E-state index in [9.17, 15) is 9.59 Å². The van der Waals surface area contributed by atoms with E-state index in [1.54, 1.807) is 13.2 Å². The van der Waals surface area contributed by atoms with E-state index in [2.05, 4.69) is 15.3 Å². The largest absolute Gasteiger partial charge is 0.496 e. The third kappa shape index (κ3) is 4.46. The first kappa shape index (κ1) is 20.9. The van der Waals surface area contributed by atoms with E-state index in [0.29, 0.717) is 26.2 Å². The third-order valence-electron chi connectivity index (χ3n) is 4.08. The third-order valence-corrected chi connectivity index (χ3v) is 6.09. The highest BCUT2D eigenvalue weighted by Crippen LogP contribution is 2.39. The van der Waals surface area contributed by atoms with Crippen LogP contribution in [0.2, 0.25) is 0 Å². The molecule has 0 fully saturated rings. The molecule has 29 heavy (non-hydrogen) atoms. The molecule has 0 bridgehead atoms. The number of nitrogens with zero attached hydrogens (tertiary/aromatic N) is 2. The summed E-state index contributed by atoms with van der Waals surface area (Å²) in [6, 6.07) is 7.31. The van der Waals surface area contributed by atoms with Crippen LogP contribution >= 0.6 is 22.7 Å². The molecule has 9 heteroatoms. The second-order valence-corrected chi connectivity index (χ2v) is 8.30. The molecule has 7 nitrogen and oxygen atoms in total. The predicted molar refractivity (Wildman–Crippen MR) is 114 cm³/mol. The van der Waals surface area contributed by atoms with Crippen LogP contribution in [0.5, 0.6) is 5.75 Å². The number of aryl methyl sites for hydroxylation is 2. The van der Waals surface area contributed by atoms with Crippen LogP contribution in [0.4, 0.5) is 5.13 Å². The Hall–Kier alpha value is -2.78. The zero-order valence-corrected chi connectivity index (χ0v) is 18.2. The Morgan fingerprint density at radius 1 is 1.14 bits per heavy atom. The maximum atomic E-state index is 12.8. The Morgan fingerprint density at radius 2 is 1.90 bits per heavy atom. The number of amides is 1. The molecular weight excluding hydrogens is 410 g/mol. The van der Waals surface area contributed by atoms with Crippen LogP contribution in [0.15, 0.2) is 24.3 Å². The molecule has 3 aromatic rings. The number of aromatic nitrogens is 2. The molecule has 0 saturated heterocycles. The van der Waals surface area contributed by atoms with Crippen molar-refractivity contribution in [2.45, 2.75) is 26.7 Å². The number of nitrogens with one attached hydrogen (secondary N) is 1. The Morgan fingerprint density at radius 3 is 2.59 bits per heavy atom. The van der Waals surface area contributed by atoms with Gasteiger partial charge in [-0.15, -0.1) is 11.3 Å². The normalized spacial score (nSPS) is 10.6. The van der Waals surface area contributed by atoms with Crippen molar-refractivity contribution in [1.82, 2.24) is 9.97 Å². The molecule has 0 saturated carbocycles. The number of esters is 1. The minimum Gasteiger partial charge on any atom is -0.496 e. The number of carbonyl (C=O) groups excluding carboxylic acids is 2. The molecule has 3 rings (SSSR count). The fraction of sp³-hybridized carbons (Fsp3) is 0.300. The van der Waals surface area contributed by atoms with Gasteiger partial charge >= 0.3 is 5.97 Å². The van der Waals surface area contributed by atoms with Crippen LogP contribution in [0.25, 0.3) is 10.4 Å². The predicted octanol–water partition coefficient (Wildman–Crippen LogP) is 4.58. The van der Waals surface area contributed by atoms with Gasteiger partial charge < -0.3 is 9.47 Å². The summed E-state index contributed by atoms with van der Waals surface area (Å²) in [4.78, 5) is 35.0. The fourth-order valence-corrected chi connectivity index (χ4v) is 4.67. The summed E-state index contributed by atoms with van der Waals surface area (Å²) in [5.74, 6) is -0.263. The molecule has 0 aliphatic rings. The molecule has 0 radical (unpaired) electrons. The standard InChI is InChI=1S/C20H21N3O4S2/c1-5-8-13-17(28-11(2)21-13)18(24)23-20-22-15(19(25)27-4)16(29-20)12-9-6-7-10-14(12)26-3/h6-7,9-10H,5,8H2,1-4H3,(H,22,23,24). The van der Waals surface area contributed by atoms with Gasteiger partial charge in [-0.1, -0.05) is 36.8 Å². The molecule has 1 aromatic carbocycles. The maximum absolute atomic E-state index is 12.8. The Balaban J connectivity index is 1.98. The van der Waals surface area contributed by atoms with Crippen molar-refractivity contribution in [3.63, 3.8) is 0 Å². The van der Waals surface area contributed by atoms with Crippen LogP contribution in [0.3, 0.4) is 0 Å². The van der Waals surface area contributed by atoms with Crippen LogP contribution in [0.1, 0.15) is 44.2 Å². The highest BCUT2D eigenvalue weighted by molar-refractivity contribution is 7.19. The number of thiazole rings is 2. The second-order valence-electron chi connectivity index (χ2n) is 6.10. The lowest BCUT2D eigenvalue weighted by Crippen LogP contribution is -2.13. The number of hydrogen-bond acceptors (Lipinski definition) is 8. The molecule has 1 N–H and O–H groups in total. The highest BCUT2D eigenvalue weighted by atomic mass is 32.1. The summed E-state index contributed by atoms with van der Waals surface area (Å²) in [6.07, 6.45) is 1.62. The Labute approximate surface area is 176 Å². The number of carbonyl (C=O) groups is 2. The number of rotatable bonds is 7. The highest BCUT2D eigenvalue weighted by Gasteiger charge is 2.24. The Kier molecular flexibility index (Phi) is 6.60. The monoisotopic (exact) mass is 431 g/mol. The summed E-state index contributed by atoms with van der Waals surface area (Å²) in [6.45, 7) is 3.92. The maximum Gasteiger partial charge on any atom is 0.358 e. The summed E-state index contributed by atoms with van der Waals surface area (Å²) in [7, 11) is 2.85. The molecule has 0 aliphatic heterocycles. The lowest BCUT2D eigenvalue weighted by molar-refractivity contribution is 0.0595. The molecule has 152 valence electrons. The second kappa shape index (κ2) is 9.15. The van der Waals surface area contributed by atoms with E-state index in [-0.39, 0.29) is 11.6 Å². The first-order valence-corrected chi connectivity index (χ1v) is 10.6. The average molecular weight is 432 g/mol. The van der Waals surface area contributed by atoms with E-state index in [1.807, 2.05) is 32.0 Å². The SMILES string of the molecule is CCCc1nc(C)sc1C(=O)Nc1nc(C(=O)OC)c(-c2ccccc2OC)s1. The lowest BCUT2D eigenvalue weighted by Gasteiger charge is -2.06. The van der Waals surface area contributed by atoms with Gasteiger partial charge in [0.25, 0.3) is 5.91 Å². The number of methoxy groups -OCH3 is 2. The van der Waals surface area contributed by atoms with Crippen molar-refractivity contribution in [2.24, 2.45) is 0 Å². The van der Waals surface area contributed by atoms with E-state index in [4.69, 9.17) is 9.47 Å². The minimum atomic E-state index is -0.581. The smallest absolute Gasteiger partial charge is 0.358 e. The Bertz CT molecular complexity index is 1040. The molecule has 0 aliphatic carbocycles. The van der Waals surface area contributed by atoms with E-state index < -0.39 is 5.97 Å². The van der Waals surface area contributed by atoms with Crippen LogP contribution in [-0.4, -0.2) is 36.1 Å². The van der Waals surface area contributed by atoms with E-state index in [0.717, 1.165) is 23.5 Å². The van der Waals surface area contributed by atoms with Gasteiger partial charge in [-0.25, -0.2) is 14.8 Å². The van der Waals surface area contributed by atoms with Gasteiger partial charge in [0.1, 0.15) is 10.6 Å². The summed E-state index contributed by atoms with van der Waals surface area (Å²) >= 11 is 2.54. The zero-order valence-electron chi connectivity index (χ0n) is 16.6. The average Bonchev–Trinajstić information content (AvgIpc) is 3.31. The van der Waals surface area contributed by atoms with E-state index in [1.165, 1.54) is 29.8 Å². The van der Waals surface area contributed by atoms with Gasteiger partial charge in [-0.05, 0) is 25.5 Å². The fourth-order valence-electron chi connectivity index (χ4n) is 2.83. The minimum absolute atomic E-state index is 0.131. The van der Waals surface area contributed by atoms with Gasteiger partial charge in [0, 0.05) is 5.56 Å². The molecule has 0 unspecified atom stereocenters. The van der Waals surface area contributed by atoms with Crippen LogP contribution in [-0.2, 0) is 11.2 Å². The van der Waals surface area contributed by atoms with Crippen LogP contribution in [0, 0.1) is 6.92 Å². The molecule has 0 atom stereocenters. The molecule has 0 spiro atoms. The van der Waals surface area contributed by atoms with Crippen LogP contribution < -0.4 is 10.1 Å². The molecule has 2 heterocycles. The molecular formula is C20H21N3O4S2. The first-order valence-electron chi connectivity index (χ1n) is 8.98. The number of benzene rings is 1. The lowest BCUT2D eigenvalue weighted by atomic mass is 10.1. The summed E-state index contributed by atoms with van der Waals surface area (Å²) < 4.78 is 10.3. The zero-order chi connectivity index (χ0) is 21.0. The van der Waals surface area contributed by atoms with Gasteiger partial charge in [-0.2, -0.15) is 0 Å². The van der Waals surface area contributed by atoms with Crippen molar-refractivity contribution < 1.29 is 19.1 Å². The topological polar surface area (TPSA) is 90.4 Å². The van der Waals surface area contributed by atoms with Crippen molar-refractivity contribution in [3.8, 4) is 16.2 Å². The van der Waals surface area contributed by atoms with Crippen molar-refractivity contribution in [2.75, 3.05) is 19.5 Å².